The Morgan fingerprint density at radius 2 is 2.25 bits per heavy atom. The molecule has 1 amide bonds. The molecule has 1 atom stereocenters. The molecule has 0 aliphatic carbocycles. The number of carbonyl (C=O) groups excluding carboxylic acids is 2. The molecular formula is C13H13F2NO4. The molecule has 0 spiro atoms. The van der Waals surface area contributed by atoms with E-state index in [4.69, 9.17) is 9.47 Å². The average Bonchev–Trinajstić information content (AvgIpc) is 2.84. The van der Waals surface area contributed by atoms with Gasteiger partial charge < -0.3 is 14.8 Å². The number of halogens is 2. The number of ether oxygens (including phenoxy) is 2. The highest BCUT2D eigenvalue weighted by Gasteiger charge is 2.23. The molecule has 0 unspecified atom stereocenters. The molecule has 20 heavy (non-hydrogen) atoms. The van der Waals surface area contributed by atoms with Crippen LogP contribution in [0.3, 0.4) is 0 Å². The van der Waals surface area contributed by atoms with Crippen LogP contribution in [0.1, 0.15) is 12.0 Å². The molecule has 1 N–H and O–H groups in total. The molecule has 7 heteroatoms. The van der Waals surface area contributed by atoms with Gasteiger partial charge in [0.15, 0.2) is 17.7 Å². The van der Waals surface area contributed by atoms with E-state index >= 15 is 0 Å². The topological polar surface area (TPSA) is 64.6 Å². The number of amides is 1. The molecule has 1 aliphatic rings. The van der Waals surface area contributed by atoms with E-state index in [2.05, 4.69) is 5.32 Å². The standard InChI is InChI=1S/C13H13F2NO4/c14-10-3-1-2-8(12(10)15)4-5-11(17)19-7-9-6-16-13(18)20-9/h1-3,9H,4-7H2,(H,16,18)/t9-/m1/s1. The fourth-order valence-electron chi connectivity index (χ4n) is 1.76. The lowest BCUT2D eigenvalue weighted by molar-refractivity contribution is -0.145. The predicted octanol–water partition coefficient (Wildman–Crippen LogP) is 1.55. The van der Waals surface area contributed by atoms with Crippen LogP contribution in [-0.2, 0) is 20.7 Å². The molecule has 2 rings (SSSR count). The SMILES string of the molecule is O=C(CCc1cccc(F)c1F)OC[C@H]1CNC(=O)O1. The smallest absolute Gasteiger partial charge is 0.407 e. The quantitative estimate of drug-likeness (QED) is 0.834. The number of alkyl carbamates (subject to hydrolysis) is 1. The Bertz CT molecular complexity index is 521. The summed E-state index contributed by atoms with van der Waals surface area (Å²) in [6.45, 7) is 0.230. The van der Waals surface area contributed by atoms with Crippen LogP contribution in [0, 0.1) is 11.6 Å². The summed E-state index contributed by atoms with van der Waals surface area (Å²) < 4.78 is 35.9. The minimum atomic E-state index is -0.950. The lowest BCUT2D eigenvalue weighted by atomic mass is 10.1. The number of hydrogen-bond acceptors (Lipinski definition) is 4. The number of benzene rings is 1. The first-order valence-corrected chi connectivity index (χ1v) is 6.09. The molecule has 0 bridgehead atoms. The van der Waals surface area contributed by atoms with E-state index in [9.17, 15) is 18.4 Å². The van der Waals surface area contributed by atoms with Gasteiger partial charge in [-0.05, 0) is 18.1 Å². The molecule has 108 valence electrons. The molecule has 1 heterocycles. The van der Waals surface area contributed by atoms with Gasteiger partial charge in [-0.2, -0.15) is 0 Å². The van der Waals surface area contributed by atoms with E-state index in [-0.39, 0.29) is 31.6 Å². The fourth-order valence-corrected chi connectivity index (χ4v) is 1.76. The van der Waals surface area contributed by atoms with Crippen LogP contribution >= 0.6 is 0 Å². The summed E-state index contributed by atoms with van der Waals surface area (Å²) >= 11 is 0. The monoisotopic (exact) mass is 285 g/mol. The number of aryl methyl sites for hydroxylation is 1. The number of rotatable bonds is 5. The minimum absolute atomic E-state index is 0.0468. The van der Waals surface area contributed by atoms with Gasteiger partial charge >= 0.3 is 12.1 Å². The summed E-state index contributed by atoms with van der Waals surface area (Å²) in [5, 5.41) is 2.42. The first-order chi connectivity index (χ1) is 9.56. The highest BCUT2D eigenvalue weighted by atomic mass is 19.2. The maximum atomic E-state index is 13.3. The van der Waals surface area contributed by atoms with Crippen molar-refractivity contribution in [3.8, 4) is 0 Å². The molecular weight excluding hydrogens is 272 g/mol. The van der Waals surface area contributed by atoms with Crippen molar-refractivity contribution in [1.29, 1.82) is 0 Å². The van der Waals surface area contributed by atoms with Crippen LogP contribution in [0.2, 0.25) is 0 Å². The van der Waals surface area contributed by atoms with E-state index in [0.717, 1.165) is 6.07 Å². The first kappa shape index (κ1) is 14.2. The third-order valence-corrected chi connectivity index (χ3v) is 2.81. The second kappa shape index (κ2) is 6.31. The third kappa shape index (κ3) is 3.66. The number of esters is 1. The van der Waals surface area contributed by atoms with Crippen LogP contribution in [0.4, 0.5) is 13.6 Å². The summed E-state index contributed by atoms with van der Waals surface area (Å²) in [5.74, 6) is -2.45. The number of hydrogen-bond donors (Lipinski definition) is 1. The van der Waals surface area contributed by atoms with Crippen LogP contribution in [-0.4, -0.2) is 31.3 Å². The lowest BCUT2D eigenvalue weighted by Gasteiger charge is -2.09. The lowest BCUT2D eigenvalue weighted by Crippen LogP contribution is -2.22. The van der Waals surface area contributed by atoms with Gasteiger partial charge in [0, 0.05) is 6.42 Å². The summed E-state index contributed by atoms with van der Waals surface area (Å²) in [6.07, 6.45) is -1.08. The highest BCUT2D eigenvalue weighted by Crippen LogP contribution is 2.13. The third-order valence-electron chi connectivity index (χ3n) is 2.81. The Morgan fingerprint density at radius 1 is 1.45 bits per heavy atom. The van der Waals surface area contributed by atoms with E-state index in [1.54, 1.807) is 0 Å². The molecule has 1 aliphatic heterocycles. The van der Waals surface area contributed by atoms with Crippen molar-refractivity contribution in [2.45, 2.75) is 18.9 Å². The Labute approximate surface area is 113 Å². The Balaban J connectivity index is 1.75. The number of carbonyl (C=O) groups is 2. The van der Waals surface area contributed by atoms with Crippen molar-refractivity contribution in [1.82, 2.24) is 5.32 Å². The second-order valence-electron chi connectivity index (χ2n) is 4.30. The van der Waals surface area contributed by atoms with Crippen LogP contribution in [0.5, 0.6) is 0 Å². The zero-order chi connectivity index (χ0) is 14.5. The second-order valence-corrected chi connectivity index (χ2v) is 4.30. The van der Waals surface area contributed by atoms with Crippen LogP contribution in [0.15, 0.2) is 18.2 Å². The summed E-state index contributed by atoms with van der Waals surface area (Å²) in [5.41, 5.74) is 0.121. The van der Waals surface area contributed by atoms with Gasteiger partial charge in [0.25, 0.3) is 0 Å². The summed E-state index contributed by atoms with van der Waals surface area (Å²) in [4.78, 5) is 22.2. The van der Waals surface area contributed by atoms with Gasteiger partial charge in [-0.3, -0.25) is 4.79 Å². The van der Waals surface area contributed by atoms with Crippen molar-refractivity contribution in [2.75, 3.05) is 13.2 Å². The Hall–Kier alpha value is -2.18. The molecule has 1 saturated heterocycles. The Morgan fingerprint density at radius 3 is 2.95 bits per heavy atom. The van der Waals surface area contributed by atoms with Crippen molar-refractivity contribution in [3.05, 3.63) is 35.4 Å². The maximum absolute atomic E-state index is 13.3. The normalized spacial score (nSPS) is 17.5. The summed E-state index contributed by atoms with van der Waals surface area (Å²) in [6, 6.07) is 3.80. The maximum Gasteiger partial charge on any atom is 0.407 e. The highest BCUT2D eigenvalue weighted by molar-refractivity contribution is 5.70. The molecule has 1 aromatic rings. The largest absolute Gasteiger partial charge is 0.462 e. The molecule has 0 saturated carbocycles. The van der Waals surface area contributed by atoms with Gasteiger partial charge in [-0.15, -0.1) is 0 Å². The number of cyclic esters (lactones) is 1. The zero-order valence-corrected chi connectivity index (χ0v) is 10.5. The van der Waals surface area contributed by atoms with Crippen molar-refractivity contribution >= 4 is 12.1 Å². The van der Waals surface area contributed by atoms with Crippen LogP contribution in [0.25, 0.3) is 0 Å². The van der Waals surface area contributed by atoms with Crippen LogP contribution < -0.4 is 5.32 Å². The molecule has 0 aromatic heterocycles. The molecule has 1 fully saturated rings. The summed E-state index contributed by atoms with van der Waals surface area (Å²) in [7, 11) is 0. The Kier molecular flexibility index (Phi) is 4.49. The van der Waals surface area contributed by atoms with E-state index < -0.39 is 29.8 Å². The van der Waals surface area contributed by atoms with Gasteiger partial charge in [0.05, 0.1) is 6.54 Å². The number of nitrogens with one attached hydrogen (secondary N) is 1. The fraction of sp³-hybridized carbons (Fsp3) is 0.385. The van der Waals surface area contributed by atoms with Crippen molar-refractivity contribution < 1.29 is 27.8 Å². The first-order valence-electron chi connectivity index (χ1n) is 6.09. The average molecular weight is 285 g/mol. The van der Waals surface area contributed by atoms with Gasteiger partial charge in [0.2, 0.25) is 0 Å². The molecule has 0 radical (unpaired) electrons. The van der Waals surface area contributed by atoms with Crippen molar-refractivity contribution in [2.24, 2.45) is 0 Å². The van der Waals surface area contributed by atoms with Gasteiger partial charge in [-0.25, -0.2) is 13.6 Å². The van der Waals surface area contributed by atoms with Gasteiger partial charge in [0.1, 0.15) is 6.61 Å². The van der Waals surface area contributed by atoms with Gasteiger partial charge in [-0.1, -0.05) is 12.1 Å². The zero-order valence-electron chi connectivity index (χ0n) is 10.5. The van der Waals surface area contributed by atoms with E-state index in [1.165, 1.54) is 12.1 Å². The molecule has 5 nitrogen and oxygen atoms in total. The van der Waals surface area contributed by atoms with Crippen molar-refractivity contribution in [3.63, 3.8) is 0 Å². The van der Waals surface area contributed by atoms with E-state index in [1.807, 2.05) is 0 Å². The molecule has 1 aromatic carbocycles. The minimum Gasteiger partial charge on any atom is -0.462 e. The predicted molar refractivity (Wildman–Crippen MR) is 63.9 cm³/mol. The van der Waals surface area contributed by atoms with E-state index in [0.29, 0.717) is 0 Å².